The summed E-state index contributed by atoms with van der Waals surface area (Å²) in [6.07, 6.45) is 24.2. The molecule has 8 nitrogen and oxygen atoms in total. The van der Waals surface area contributed by atoms with Gasteiger partial charge in [-0.15, -0.1) is 0 Å². The molecule has 9 heteroatoms. The van der Waals surface area contributed by atoms with Crippen LogP contribution in [0.2, 0.25) is 0 Å². The lowest BCUT2D eigenvalue weighted by Crippen LogP contribution is -2.27. The Labute approximate surface area is 205 Å². The molecule has 0 aliphatic heterocycles. The summed E-state index contributed by atoms with van der Waals surface area (Å²) in [5, 5.41) is 9.27. The molecule has 0 aromatic carbocycles. The number of aliphatic hydroxyl groups excluding tert-OH is 1. The first-order valence-electron chi connectivity index (χ1n) is 12.5. The zero-order chi connectivity index (χ0) is 25.3. The molecule has 34 heavy (non-hydrogen) atoms. The number of hydrogen-bond acceptors (Lipinski definition) is 7. The normalized spacial score (nSPS) is 14.8. The summed E-state index contributed by atoms with van der Waals surface area (Å²) in [5.41, 5.74) is 5.19. The second-order valence-corrected chi connectivity index (χ2v) is 9.47. The minimum atomic E-state index is -4.27. The summed E-state index contributed by atoms with van der Waals surface area (Å²) in [6, 6.07) is 0. The third-order valence-electron chi connectivity index (χ3n) is 4.82. The van der Waals surface area contributed by atoms with Gasteiger partial charge in [0.2, 0.25) is 0 Å². The first-order valence-corrected chi connectivity index (χ1v) is 14.0. The first-order chi connectivity index (χ1) is 16.4. The van der Waals surface area contributed by atoms with Gasteiger partial charge in [0.25, 0.3) is 0 Å². The van der Waals surface area contributed by atoms with E-state index in [4.69, 9.17) is 15.0 Å². The van der Waals surface area contributed by atoms with Gasteiger partial charge in [-0.2, -0.15) is 0 Å². The summed E-state index contributed by atoms with van der Waals surface area (Å²) < 4.78 is 25.9. The van der Waals surface area contributed by atoms with Gasteiger partial charge in [0, 0.05) is 13.0 Å². The Morgan fingerprint density at radius 3 is 2.09 bits per heavy atom. The van der Waals surface area contributed by atoms with Crippen molar-refractivity contribution in [2.45, 2.75) is 90.1 Å². The number of phosphoric ester groups is 1. The van der Waals surface area contributed by atoms with Crippen molar-refractivity contribution >= 4 is 13.8 Å². The van der Waals surface area contributed by atoms with Gasteiger partial charge in [-0.05, 0) is 44.9 Å². The van der Waals surface area contributed by atoms with Crippen LogP contribution in [0.25, 0.3) is 0 Å². The van der Waals surface area contributed by atoms with E-state index in [2.05, 4.69) is 47.9 Å². The van der Waals surface area contributed by atoms with Gasteiger partial charge in [-0.1, -0.05) is 69.1 Å². The molecule has 0 aliphatic carbocycles. The van der Waals surface area contributed by atoms with E-state index in [9.17, 15) is 19.4 Å². The minimum absolute atomic E-state index is 0.0668. The number of esters is 1. The van der Waals surface area contributed by atoms with Crippen LogP contribution < -0.4 is 5.73 Å². The number of ether oxygens (including phenoxy) is 1. The molecule has 0 heterocycles. The van der Waals surface area contributed by atoms with Crippen molar-refractivity contribution in [2.75, 3.05) is 26.4 Å². The van der Waals surface area contributed by atoms with Crippen LogP contribution in [-0.4, -0.2) is 48.4 Å². The van der Waals surface area contributed by atoms with Crippen molar-refractivity contribution in [1.82, 2.24) is 0 Å². The molecule has 198 valence electrons. The van der Waals surface area contributed by atoms with Gasteiger partial charge in [-0.3, -0.25) is 13.8 Å². The van der Waals surface area contributed by atoms with E-state index in [-0.39, 0.29) is 19.6 Å². The average Bonchev–Trinajstić information content (AvgIpc) is 2.82. The summed E-state index contributed by atoms with van der Waals surface area (Å²) in [6.45, 7) is 1.20. The van der Waals surface area contributed by atoms with E-state index in [0.717, 1.165) is 38.5 Å². The standard InChI is InChI=1S/C25H46NO7P/c1-2-3-4-5-6-7-8-9-10-11-12-13-14-15-16-17-18-19-25(28)33-24(22-27)23-32-34(29,30)31-21-20-26/h6-7,9-10,12-13,24,27H,2-5,8,11,14-23,26H2,1H3,(H,29,30)/t24-/m1/s1. The number of phosphoric acid groups is 1. The van der Waals surface area contributed by atoms with E-state index in [1.807, 2.05) is 0 Å². The Morgan fingerprint density at radius 2 is 1.50 bits per heavy atom. The third kappa shape index (κ3) is 22.5. The highest BCUT2D eigenvalue weighted by Gasteiger charge is 2.24. The van der Waals surface area contributed by atoms with Crippen LogP contribution in [0.15, 0.2) is 36.5 Å². The second kappa shape index (κ2) is 23.5. The van der Waals surface area contributed by atoms with Crippen LogP contribution in [0, 0.1) is 0 Å². The number of rotatable bonds is 23. The van der Waals surface area contributed by atoms with Crippen molar-refractivity contribution in [3.63, 3.8) is 0 Å². The number of nitrogens with two attached hydrogens (primary N) is 1. The third-order valence-corrected chi connectivity index (χ3v) is 5.80. The molecule has 0 spiro atoms. The van der Waals surface area contributed by atoms with Gasteiger partial charge in [0.05, 0.1) is 19.8 Å². The smallest absolute Gasteiger partial charge is 0.457 e. The number of carbonyl (C=O) groups excluding carboxylic acids is 1. The molecular formula is C25H46NO7P. The fourth-order valence-electron chi connectivity index (χ4n) is 2.93. The Balaban J connectivity index is 3.71. The lowest BCUT2D eigenvalue weighted by atomic mass is 10.1. The number of unbranched alkanes of at least 4 members (excludes halogenated alkanes) is 7. The summed E-state index contributed by atoms with van der Waals surface area (Å²) in [5.74, 6) is -0.471. The van der Waals surface area contributed by atoms with Crippen LogP contribution >= 0.6 is 7.82 Å². The molecular weight excluding hydrogens is 457 g/mol. The molecule has 0 saturated heterocycles. The van der Waals surface area contributed by atoms with Crippen molar-refractivity contribution in [3.8, 4) is 0 Å². The van der Waals surface area contributed by atoms with Gasteiger partial charge >= 0.3 is 13.8 Å². The van der Waals surface area contributed by atoms with Crippen LogP contribution in [0.4, 0.5) is 0 Å². The zero-order valence-corrected chi connectivity index (χ0v) is 21.7. The van der Waals surface area contributed by atoms with E-state index >= 15 is 0 Å². The van der Waals surface area contributed by atoms with Crippen molar-refractivity contribution in [1.29, 1.82) is 0 Å². The quantitative estimate of drug-likeness (QED) is 0.0736. The van der Waals surface area contributed by atoms with Crippen molar-refractivity contribution in [3.05, 3.63) is 36.5 Å². The molecule has 0 bridgehead atoms. The topological polar surface area (TPSA) is 128 Å². The highest BCUT2D eigenvalue weighted by Crippen LogP contribution is 2.42. The van der Waals surface area contributed by atoms with E-state index in [1.54, 1.807) is 0 Å². The minimum Gasteiger partial charge on any atom is -0.457 e. The molecule has 0 aromatic rings. The van der Waals surface area contributed by atoms with Crippen molar-refractivity contribution in [2.24, 2.45) is 5.73 Å². The average molecular weight is 504 g/mol. The Hall–Kier alpha value is -1.28. The number of carbonyl (C=O) groups is 1. The molecule has 1 unspecified atom stereocenters. The maximum absolute atomic E-state index is 11.9. The van der Waals surface area contributed by atoms with Gasteiger partial charge in [-0.25, -0.2) is 4.57 Å². The zero-order valence-electron chi connectivity index (χ0n) is 20.8. The maximum atomic E-state index is 11.9. The summed E-state index contributed by atoms with van der Waals surface area (Å²) >= 11 is 0. The summed E-state index contributed by atoms with van der Waals surface area (Å²) in [4.78, 5) is 21.3. The first kappa shape index (κ1) is 32.7. The van der Waals surface area contributed by atoms with E-state index in [1.165, 1.54) is 25.7 Å². The molecule has 0 aliphatic rings. The Bertz CT molecular complexity index is 622. The highest BCUT2D eigenvalue weighted by atomic mass is 31.2. The second-order valence-electron chi connectivity index (χ2n) is 8.01. The molecule has 0 rings (SSSR count). The van der Waals surface area contributed by atoms with Crippen LogP contribution in [-0.2, 0) is 23.1 Å². The van der Waals surface area contributed by atoms with Gasteiger partial charge in [0.15, 0.2) is 0 Å². The lowest BCUT2D eigenvalue weighted by molar-refractivity contribution is -0.153. The predicted octanol–water partition coefficient (Wildman–Crippen LogP) is 5.35. The SMILES string of the molecule is CCCCCC=CCC=CCC=CCCCCCCC(=O)O[C@H](CO)COP(=O)(O)OCCN. The number of allylic oxidation sites excluding steroid dienone is 6. The molecule has 0 saturated carbocycles. The Kier molecular flexibility index (Phi) is 22.6. The fourth-order valence-corrected chi connectivity index (χ4v) is 3.69. The fraction of sp³-hybridized carbons (Fsp3) is 0.720. The predicted molar refractivity (Wildman–Crippen MR) is 136 cm³/mol. The molecule has 0 fully saturated rings. The molecule has 0 aromatic heterocycles. The largest absolute Gasteiger partial charge is 0.472 e. The number of aliphatic hydroxyl groups is 1. The Morgan fingerprint density at radius 1 is 0.912 bits per heavy atom. The monoisotopic (exact) mass is 503 g/mol. The van der Waals surface area contributed by atoms with Crippen LogP contribution in [0.3, 0.4) is 0 Å². The van der Waals surface area contributed by atoms with Crippen LogP contribution in [0.1, 0.15) is 84.0 Å². The molecule has 0 radical (unpaired) electrons. The molecule has 4 N–H and O–H groups in total. The highest BCUT2D eigenvalue weighted by molar-refractivity contribution is 7.47. The summed E-state index contributed by atoms with van der Waals surface area (Å²) in [7, 11) is -4.27. The van der Waals surface area contributed by atoms with Gasteiger partial charge < -0.3 is 20.5 Å². The number of hydrogen-bond donors (Lipinski definition) is 3. The van der Waals surface area contributed by atoms with E-state index < -0.39 is 33.1 Å². The van der Waals surface area contributed by atoms with Crippen LogP contribution in [0.5, 0.6) is 0 Å². The molecule has 0 amide bonds. The lowest BCUT2D eigenvalue weighted by Gasteiger charge is -2.17. The van der Waals surface area contributed by atoms with Gasteiger partial charge in [0.1, 0.15) is 6.10 Å². The maximum Gasteiger partial charge on any atom is 0.472 e. The molecule has 2 atom stereocenters. The van der Waals surface area contributed by atoms with Crippen molar-refractivity contribution < 1.29 is 33.1 Å². The van der Waals surface area contributed by atoms with E-state index in [0.29, 0.717) is 6.42 Å².